The third-order valence-corrected chi connectivity index (χ3v) is 5.56. The number of anilines is 2. The van der Waals surface area contributed by atoms with Crippen molar-refractivity contribution in [1.29, 1.82) is 0 Å². The number of likely N-dealkylation sites (N-methyl/N-ethyl adjacent to an activating group) is 1. The van der Waals surface area contributed by atoms with Gasteiger partial charge in [-0.2, -0.15) is 5.10 Å². The van der Waals surface area contributed by atoms with E-state index in [0.29, 0.717) is 5.69 Å². The van der Waals surface area contributed by atoms with Gasteiger partial charge in [-0.15, -0.1) is 0 Å². The van der Waals surface area contributed by atoms with Crippen LogP contribution in [0.5, 0.6) is 0 Å². The highest BCUT2D eigenvalue weighted by Crippen LogP contribution is 2.24. The summed E-state index contributed by atoms with van der Waals surface area (Å²) in [5.74, 6) is -0.712. The van der Waals surface area contributed by atoms with Gasteiger partial charge in [0, 0.05) is 43.8 Å². The molecular weight excluding hydrogens is 381 g/mol. The zero-order chi connectivity index (χ0) is 21.1. The number of hydrogen-bond donors (Lipinski definition) is 1. The predicted molar refractivity (Wildman–Crippen MR) is 117 cm³/mol. The fraction of sp³-hybridized carbons (Fsp3) is 0.304. The Labute approximate surface area is 175 Å². The summed E-state index contributed by atoms with van der Waals surface area (Å²) in [6, 6.07) is 14.0. The van der Waals surface area contributed by atoms with Crippen LogP contribution in [-0.4, -0.2) is 53.3 Å². The topological polar surface area (TPSA) is 53.4 Å². The lowest BCUT2D eigenvalue weighted by Gasteiger charge is -2.35. The summed E-state index contributed by atoms with van der Waals surface area (Å²) in [5.41, 5.74) is 3.45. The average molecular weight is 407 g/mol. The van der Waals surface area contributed by atoms with Crippen LogP contribution < -0.4 is 10.2 Å². The van der Waals surface area contributed by atoms with Gasteiger partial charge in [0.15, 0.2) is 5.69 Å². The zero-order valence-corrected chi connectivity index (χ0v) is 17.3. The first-order chi connectivity index (χ1) is 14.5. The Morgan fingerprint density at radius 2 is 1.87 bits per heavy atom. The molecule has 30 heavy (non-hydrogen) atoms. The number of aryl methyl sites for hydroxylation is 1. The molecule has 1 N–H and O–H groups in total. The van der Waals surface area contributed by atoms with Gasteiger partial charge in [-0.1, -0.05) is 19.1 Å². The summed E-state index contributed by atoms with van der Waals surface area (Å²) in [7, 11) is 0. The number of amides is 1. The molecule has 0 bridgehead atoms. The Morgan fingerprint density at radius 1 is 1.10 bits per heavy atom. The van der Waals surface area contributed by atoms with E-state index in [1.807, 2.05) is 19.1 Å². The molecule has 0 spiro atoms. The van der Waals surface area contributed by atoms with E-state index in [0.717, 1.165) is 44.0 Å². The molecule has 0 unspecified atom stereocenters. The van der Waals surface area contributed by atoms with Gasteiger partial charge >= 0.3 is 0 Å². The number of para-hydroxylation sites is 1. The maximum Gasteiger partial charge on any atom is 0.276 e. The van der Waals surface area contributed by atoms with Crippen LogP contribution >= 0.6 is 0 Å². The van der Waals surface area contributed by atoms with Crippen molar-refractivity contribution >= 4 is 17.3 Å². The maximum absolute atomic E-state index is 14.0. The summed E-state index contributed by atoms with van der Waals surface area (Å²) in [4.78, 5) is 17.5. The van der Waals surface area contributed by atoms with Crippen molar-refractivity contribution < 1.29 is 9.18 Å². The van der Waals surface area contributed by atoms with Crippen molar-refractivity contribution in [3.05, 3.63) is 71.8 Å². The molecule has 0 radical (unpaired) electrons. The van der Waals surface area contributed by atoms with Gasteiger partial charge in [0.05, 0.1) is 0 Å². The van der Waals surface area contributed by atoms with Crippen LogP contribution in [0.1, 0.15) is 23.0 Å². The summed E-state index contributed by atoms with van der Waals surface area (Å²) >= 11 is 0. The molecule has 156 valence electrons. The Hall–Kier alpha value is -3.19. The largest absolute Gasteiger partial charge is 0.369 e. The number of aromatic nitrogens is 2. The first kappa shape index (κ1) is 20.1. The summed E-state index contributed by atoms with van der Waals surface area (Å²) < 4.78 is 15.3. The van der Waals surface area contributed by atoms with Crippen LogP contribution in [-0.2, 0) is 0 Å². The standard InChI is InChI=1S/C23H26FN5O/c1-3-27-12-14-28(15-13-27)18-8-9-20(17(2)16-18)25-23(30)21-10-11-29(26-21)22-7-5-4-6-19(22)24/h4-11,16H,3,12-15H2,1-2H3,(H,25,30). The number of nitrogens with zero attached hydrogens (tertiary/aromatic N) is 4. The molecular formula is C23H26FN5O. The fourth-order valence-electron chi connectivity index (χ4n) is 3.71. The Bertz CT molecular complexity index is 1040. The second-order valence-corrected chi connectivity index (χ2v) is 7.47. The third kappa shape index (κ3) is 4.21. The summed E-state index contributed by atoms with van der Waals surface area (Å²) in [6.07, 6.45) is 1.58. The Kier molecular flexibility index (Phi) is 5.81. The lowest BCUT2D eigenvalue weighted by Crippen LogP contribution is -2.46. The highest BCUT2D eigenvalue weighted by atomic mass is 19.1. The third-order valence-electron chi connectivity index (χ3n) is 5.56. The van der Waals surface area contributed by atoms with Gasteiger partial charge in [-0.25, -0.2) is 9.07 Å². The van der Waals surface area contributed by atoms with E-state index >= 15 is 0 Å². The normalized spacial score (nSPS) is 14.7. The molecule has 1 amide bonds. The van der Waals surface area contributed by atoms with E-state index in [4.69, 9.17) is 0 Å². The molecule has 1 saturated heterocycles. The van der Waals surface area contributed by atoms with Gasteiger partial charge in [-0.05, 0) is 55.4 Å². The Balaban J connectivity index is 1.44. The van der Waals surface area contributed by atoms with Crippen molar-refractivity contribution in [2.24, 2.45) is 0 Å². The molecule has 3 aromatic rings. The zero-order valence-electron chi connectivity index (χ0n) is 17.3. The van der Waals surface area contributed by atoms with Crippen LogP contribution in [0.2, 0.25) is 0 Å². The Morgan fingerprint density at radius 3 is 2.57 bits per heavy atom. The monoisotopic (exact) mass is 407 g/mol. The number of hydrogen-bond acceptors (Lipinski definition) is 4. The van der Waals surface area contributed by atoms with Crippen LogP contribution in [0.3, 0.4) is 0 Å². The summed E-state index contributed by atoms with van der Waals surface area (Å²) in [6.45, 7) is 9.41. The average Bonchev–Trinajstić information content (AvgIpc) is 3.26. The second kappa shape index (κ2) is 8.67. The first-order valence-corrected chi connectivity index (χ1v) is 10.2. The number of piperazine rings is 1. The summed E-state index contributed by atoms with van der Waals surface area (Å²) in [5, 5.41) is 7.14. The lowest BCUT2D eigenvalue weighted by atomic mass is 10.1. The first-order valence-electron chi connectivity index (χ1n) is 10.2. The smallest absolute Gasteiger partial charge is 0.276 e. The second-order valence-electron chi connectivity index (χ2n) is 7.47. The van der Waals surface area contributed by atoms with Crippen molar-refractivity contribution in [2.45, 2.75) is 13.8 Å². The maximum atomic E-state index is 14.0. The predicted octanol–water partition coefficient (Wildman–Crippen LogP) is 3.71. The molecule has 0 atom stereocenters. The fourth-order valence-corrected chi connectivity index (χ4v) is 3.71. The minimum atomic E-state index is -0.390. The molecule has 6 nitrogen and oxygen atoms in total. The van der Waals surface area contributed by atoms with Crippen LogP contribution in [0.15, 0.2) is 54.7 Å². The minimum absolute atomic E-state index is 0.234. The van der Waals surface area contributed by atoms with Crippen LogP contribution in [0.25, 0.3) is 5.69 Å². The number of benzene rings is 2. The molecule has 4 rings (SSSR count). The van der Waals surface area contributed by atoms with Gasteiger partial charge in [-0.3, -0.25) is 4.79 Å². The minimum Gasteiger partial charge on any atom is -0.369 e. The molecule has 0 aliphatic carbocycles. The number of rotatable bonds is 5. The van der Waals surface area contributed by atoms with Crippen molar-refractivity contribution in [2.75, 3.05) is 42.9 Å². The lowest BCUT2D eigenvalue weighted by molar-refractivity contribution is 0.102. The van der Waals surface area contributed by atoms with E-state index in [-0.39, 0.29) is 11.6 Å². The number of carbonyl (C=O) groups is 1. The SMILES string of the molecule is CCN1CCN(c2ccc(NC(=O)c3ccn(-c4ccccc4F)n3)c(C)c2)CC1. The van der Waals surface area contributed by atoms with Crippen LogP contribution in [0, 0.1) is 12.7 Å². The quantitative estimate of drug-likeness (QED) is 0.701. The molecule has 1 fully saturated rings. The highest BCUT2D eigenvalue weighted by molar-refractivity contribution is 6.03. The van der Waals surface area contributed by atoms with Gasteiger partial charge in [0.1, 0.15) is 11.5 Å². The molecule has 1 aromatic heterocycles. The van der Waals surface area contributed by atoms with Crippen molar-refractivity contribution in [3.8, 4) is 5.69 Å². The van der Waals surface area contributed by atoms with Gasteiger partial charge in [0.25, 0.3) is 5.91 Å². The molecule has 1 aliphatic heterocycles. The van der Waals surface area contributed by atoms with Gasteiger partial charge < -0.3 is 15.1 Å². The van der Waals surface area contributed by atoms with E-state index in [9.17, 15) is 9.18 Å². The van der Waals surface area contributed by atoms with Gasteiger partial charge in [0.2, 0.25) is 0 Å². The highest BCUT2D eigenvalue weighted by Gasteiger charge is 2.17. The molecule has 7 heteroatoms. The number of nitrogens with one attached hydrogen (secondary N) is 1. The van der Waals surface area contributed by atoms with Crippen molar-refractivity contribution in [1.82, 2.24) is 14.7 Å². The molecule has 0 saturated carbocycles. The van der Waals surface area contributed by atoms with E-state index in [1.165, 1.54) is 16.4 Å². The number of carbonyl (C=O) groups excluding carboxylic acids is 1. The van der Waals surface area contributed by atoms with E-state index in [1.54, 1.807) is 30.5 Å². The molecule has 2 heterocycles. The van der Waals surface area contributed by atoms with E-state index < -0.39 is 5.82 Å². The van der Waals surface area contributed by atoms with E-state index in [2.05, 4.69) is 33.2 Å². The molecule has 1 aliphatic rings. The number of halogens is 1. The van der Waals surface area contributed by atoms with Crippen molar-refractivity contribution in [3.63, 3.8) is 0 Å². The van der Waals surface area contributed by atoms with Crippen LogP contribution in [0.4, 0.5) is 15.8 Å². The molecule has 2 aromatic carbocycles.